The number of halogens is 2. The van der Waals surface area contributed by atoms with Crippen LogP contribution in [0.1, 0.15) is 0 Å². The van der Waals surface area contributed by atoms with Crippen LogP contribution in [0.3, 0.4) is 0 Å². The van der Waals surface area contributed by atoms with Crippen molar-refractivity contribution in [1.29, 1.82) is 0 Å². The van der Waals surface area contributed by atoms with Gasteiger partial charge in [-0.25, -0.2) is 12.8 Å². The van der Waals surface area contributed by atoms with Crippen LogP contribution < -0.4 is 5.32 Å². The van der Waals surface area contributed by atoms with Gasteiger partial charge in [-0.2, -0.15) is 0 Å². The van der Waals surface area contributed by atoms with Gasteiger partial charge in [-0.05, 0) is 0 Å². The van der Waals surface area contributed by atoms with Crippen molar-refractivity contribution in [3.8, 4) is 0 Å². The van der Waals surface area contributed by atoms with Gasteiger partial charge in [0.15, 0.2) is 10.7 Å². The molecule has 0 heterocycles. The quantitative estimate of drug-likeness (QED) is 0.350. The zero-order valence-electron chi connectivity index (χ0n) is 4.51. The van der Waals surface area contributed by atoms with E-state index in [0.29, 0.717) is 0 Å². The zero-order chi connectivity index (χ0) is 7.28. The number of thiol groups is 1. The molecule has 0 aliphatic carbocycles. The molecule has 0 radical (unpaired) electrons. The van der Waals surface area contributed by atoms with E-state index in [2.05, 4.69) is 0 Å². The molecular weight excluding hydrogens is 169 g/mol. The summed E-state index contributed by atoms with van der Waals surface area (Å²) in [5, 5.41) is 2.04. The van der Waals surface area contributed by atoms with Crippen LogP contribution in [0.25, 0.3) is 0 Å². The average Bonchev–Trinajstić information content (AvgIpc) is 1.82. The molecule has 0 bridgehead atoms. The first-order chi connectivity index (χ1) is 4.18. The van der Waals surface area contributed by atoms with Gasteiger partial charge in [-0.3, -0.25) is 5.32 Å². The molecule has 1 unspecified atom stereocenters. The lowest BCUT2D eigenvalue weighted by atomic mass is 10.8. The Labute approximate surface area is 59.1 Å². The van der Waals surface area contributed by atoms with Gasteiger partial charge in [-0.15, -0.1) is 11.6 Å². The highest BCUT2D eigenvalue weighted by molar-refractivity contribution is 7.72. The van der Waals surface area contributed by atoms with Crippen molar-refractivity contribution in [3.63, 3.8) is 0 Å². The maximum atomic E-state index is 11.9. The third kappa shape index (κ3) is 4.62. The molecule has 0 saturated carbocycles. The first-order valence-electron chi connectivity index (χ1n) is 2.25. The van der Waals surface area contributed by atoms with Crippen molar-refractivity contribution in [2.24, 2.45) is 0 Å². The van der Waals surface area contributed by atoms with E-state index < -0.39 is 16.3 Å². The molecule has 0 aromatic heterocycles. The van der Waals surface area contributed by atoms with Crippen molar-refractivity contribution in [2.75, 3.05) is 12.4 Å². The van der Waals surface area contributed by atoms with Gasteiger partial charge in [0.25, 0.3) is 0 Å². The second-order valence-corrected chi connectivity index (χ2v) is 2.67. The molecule has 0 aliphatic heterocycles. The Morgan fingerprint density at radius 3 is 2.56 bits per heavy atom. The first kappa shape index (κ1) is 9.13. The lowest BCUT2D eigenvalue weighted by molar-refractivity contribution is 0.372. The Bertz CT molecular complexity index is 132. The van der Waals surface area contributed by atoms with E-state index in [9.17, 15) is 12.8 Å². The fourth-order valence-electron chi connectivity index (χ4n) is 0.248. The SMILES string of the molecule is O=[SH](=O)C(F)NCCCl. The molecule has 0 fully saturated rings. The Balaban J connectivity index is 3.38. The van der Waals surface area contributed by atoms with E-state index in [1.807, 2.05) is 5.32 Å². The molecular formula is C3H7ClFNO2S. The Morgan fingerprint density at radius 2 is 2.22 bits per heavy atom. The van der Waals surface area contributed by atoms with Gasteiger partial charge in [-0.1, -0.05) is 0 Å². The minimum absolute atomic E-state index is 0.159. The summed E-state index contributed by atoms with van der Waals surface area (Å²) >= 11 is 5.12. The highest BCUT2D eigenvalue weighted by atomic mass is 35.5. The molecule has 56 valence electrons. The van der Waals surface area contributed by atoms with Crippen LogP contribution in [-0.2, 0) is 10.7 Å². The van der Waals surface area contributed by atoms with E-state index in [4.69, 9.17) is 11.6 Å². The molecule has 0 spiro atoms. The second-order valence-electron chi connectivity index (χ2n) is 1.26. The van der Waals surface area contributed by atoms with Gasteiger partial charge in [0, 0.05) is 12.4 Å². The van der Waals surface area contributed by atoms with Crippen LogP contribution in [0.5, 0.6) is 0 Å². The summed E-state index contributed by atoms with van der Waals surface area (Å²) in [5.41, 5.74) is -1.96. The predicted octanol–water partition coefficient (Wildman–Crippen LogP) is -0.321. The maximum Gasteiger partial charge on any atom is 0.250 e. The standard InChI is InChI=1S/C3H7ClFNO2S/c4-1-2-6-3(5)9(7)8/h3,6,9H,1-2H2. The molecule has 1 N–H and O–H groups in total. The summed E-state index contributed by atoms with van der Waals surface area (Å²) in [4.78, 5) is 0. The van der Waals surface area contributed by atoms with Crippen molar-refractivity contribution >= 4 is 22.3 Å². The molecule has 0 saturated heterocycles. The molecule has 0 amide bonds. The van der Waals surface area contributed by atoms with E-state index in [0.717, 1.165) is 0 Å². The van der Waals surface area contributed by atoms with E-state index in [1.165, 1.54) is 0 Å². The normalized spacial score (nSPS) is 14.1. The molecule has 3 nitrogen and oxygen atoms in total. The van der Waals surface area contributed by atoms with Crippen molar-refractivity contribution < 1.29 is 12.8 Å². The summed E-state index contributed by atoms with van der Waals surface area (Å²) in [6.07, 6.45) is 0. The highest BCUT2D eigenvalue weighted by Gasteiger charge is 2.04. The Hall–Kier alpha value is 0.130. The number of hydrogen-bond acceptors (Lipinski definition) is 3. The number of rotatable bonds is 4. The minimum atomic E-state index is -3.01. The van der Waals surface area contributed by atoms with Gasteiger partial charge >= 0.3 is 0 Å². The van der Waals surface area contributed by atoms with Gasteiger partial charge in [0.1, 0.15) is 0 Å². The fourth-order valence-corrected chi connectivity index (χ4v) is 0.635. The van der Waals surface area contributed by atoms with Crippen LogP contribution in [0.15, 0.2) is 0 Å². The predicted molar refractivity (Wildman–Crippen MR) is 33.9 cm³/mol. The monoisotopic (exact) mass is 175 g/mol. The number of nitrogens with one attached hydrogen (secondary N) is 1. The molecule has 0 aromatic rings. The summed E-state index contributed by atoms with van der Waals surface area (Å²) < 4.78 is 31.5. The summed E-state index contributed by atoms with van der Waals surface area (Å²) in [6.45, 7) is 0.159. The van der Waals surface area contributed by atoms with Crippen LogP contribution >= 0.6 is 11.6 Å². The molecule has 0 rings (SSSR count). The molecule has 0 aromatic carbocycles. The second kappa shape index (κ2) is 4.96. The summed E-state index contributed by atoms with van der Waals surface area (Å²) in [5.74, 6) is 0.198. The lowest BCUT2D eigenvalue weighted by Crippen LogP contribution is -2.27. The highest BCUT2D eigenvalue weighted by Crippen LogP contribution is 1.83. The van der Waals surface area contributed by atoms with Crippen molar-refractivity contribution in [1.82, 2.24) is 5.32 Å². The van der Waals surface area contributed by atoms with Crippen molar-refractivity contribution in [3.05, 3.63) is 0 Å². The van der Waals surface area contributed by atoms with Crippen LogP contribution in [0.4, 0.5) is 4.39 Å². The molecule has 0 aliphatic rings. The minimum Gasteiger partial charge on any atom is -0.274 e. The van der Waals surface area contributed by atoms with Gasteiger partial charge in [0.2, 0.25) is 5.63 Å². The Morgan fingerprint density at radius 1 is 1.67 bits per heavy atom. The van der Waals surface area contributed by atoms with Gasteiger partial charge < -0.3 is 0 Å². The number of hydrogen-bond donors (Lipinski definition) is 2. The smallest absolute Gasteiger partial charge is 0.250 e. The van der Waals surface area contributed by atoms with E-state index in [-0.39, 0.29) is 12.4 Å². The van der Waals surface area contributed by atoms with Gasteiger partial charge in [0.05, 0.1) is 0 Å². The van der Waals surface area contributed by atoms with E-state index >= 15 is 0 Å². The van der Waals surface area contributed by atoms with Crippen LogP contribution in [0.2, 0.25) is 0 Å². The largest absolute Gasteiger partial charge is 0.274 e. The topological polar surface area (TPSA) is 46.2 Å². The number of alkyl halides is 2. The fraction of sp³-hybridized carbons (Fsp3) is 1.00. The van der Waals surface area contributed by atoms with Crippen LogP contribution in [-0.4, -0.2) is 26.5 Å². The summed E-state index contributed by atoms with van der Waals surface area (Å²) in [6, 6.07) is 0. The molecule has 9 heavy (non-hydrogen) atoms. The molecule has 1 atom stereocenters. The Kier molecular flexibility index (Phi) is 5.03. The third-order valence-corrected chi connectivity index (χ3v) is 1.33. The first-order valence-corrected chi connectivity index (χ1v) is 4.03. The lowest BCUT2D eigenvalue weighted by Gasteiger charge is -1.98. The van der Waals surface area contributed by atoms with E-state index in [1.54, 1.807) is 0 Å². The summed E-state index contributed by atoms with van der Waals surface area (Å²) in [7, 11) is -3.01. The van der Waals surface area contributed by atoms with Crippen LogP contribution in [0, 0.1) is 0 Å². The average molecular weight is 176 g/mol. The van der Waals surface area contributed by atoms with Crippen molar-refractivity contribution in [2.45, 2.75) is 5.63 Å². The molecule has 6 heteroatoms. The third-order valence-electron chi connectivity index (χ3n) is 0.592. The zero-order valence-corrected chi connectivity index (χ0v) is 6.16. The maximum absolute atomic E-state index is 11.9.